The second-order valence-electron chi connectivity index (χ2n) is 7.97. The van der Waals surface area contributed by atoms with E-state index in [-0.39, 0.29) is 0 Å². The van der Waals surface area contributed by atoms with Crippen LogP contribution in [0.1, 0.15) is 60.3 Å². The van der Waals surface area contributed by atoms with E-state index in [9.17, 15) is 0 Å². The molecule has 0 saturated carbocycles. The molecule has 1 fully saturated rings. The summed E-state index contributed by atoms with van der Waals surface area (Å²) >= 11 is 0. The normalized spacial score (nSPS) is 18.0. The lowest BCUT2D eigenvalue weighted by atomic mass is 9.99. The maximum absolute atomic E-state index is 3.76. The van der Waals surface area contributed by atoms with Gasteiger partial charge in [0.1, 0.15) is 0 Å². The van der Waals surface area contributed by atoms with Crippen LogP contribution in [0.15, 0.2) is 36.5 Å². The van der Waals surface area contributed by atoms with Crippen LogP contribution in [-0.2, 0) is 0 Å². The Hall–Kier alpha value is -0.900. The van der Waals surface area contributed by atoms with E-state index in [2.05, 4.69) is 61.7 Å². The van der Waals surface area contributed by atoms with E-state index >= 15 is 0 Å². The summed E-state index contributed by atoms with van der Waals surface area (Å²) in [5.74, 6) is 1.45. The van der Waals surface area contributed by atoms with E-state index in [1.54, 1.807) is 0 Å². The van der Waals surface area contributed by atoms with Crippen LogP contribution in [-0.4, -0.2) is 62.7 Å². The van der Waals surface area contributed by atoms with E-state index in [4.69, 9.17) is 0 Å². The van der Waals surface area contributed by atoms with E-state index in [1.165, 1.54) is 64.0 Å². The monoisotopic (exact) mass is 391 g/mol. The molecule has 164 valence electrons. The lowest BCUT2D eigenvalue weighted by molar-refractivity contribution is 0.220. The molecule has 0 radical (unpaired) electrons. The molecule has 0 aromatic heterocycles. The third-order valence-corrected chi connectivity index (χ3v) is 5.52. The van der Waals surface area contributed by atoms with Crippen molar-refractivity contribution in [2.24, 2.45) is 11.8 Å². The Morgan fingerprint density at radius 2 is 1.75 bits per heavy atom. The molecule has 1 atom stereocenters. The molecular formula is C25H49N3. The minimum absolute atomic E-state index is 0.598. The summed E-state index contributed by atoms with van der Waals surface area (Å²) < 4.78 is 0. The number of hydrogen-bond acceptors (Lipinski definition) is 3. The van der Waals surface area contributed by atoms with Gasteiger partial charge >= 0.3 is 0 Å². The molecular weight excluding hydrogens is 342 g/mol. The van der Waals surface area contributed by atoms with Gasteiger partial charge in [0.25, 0.3) is 0 Å². The summed E-state index contributed by atoms with van der Waals surface area (Å²) in [6.07, 6.45) is 13.5. The first-order valence-electron chi connectivity index (χ1n) is 11.7. The molecule has 1 unspecified atom stereocenters. The topological polar surface area (TPSA) is 18.5 Å². The number of allylic oxidation sites excluding steroid dienone is 4. The zero-order valence-corrected chi connectivity index (χ0v) is 19.8. The van der Waals surface area contributed by atoms with Gasteiger partial charge in [0.15, 0.2) is 0 Å². The highest BCUT2D eigenvalue weighted by Gasteiger charge is 2.18. The van der Waals surface area contributed by atoms with Crippen LogP contribution in [0.25, 0.3) is 0 Å². The minimum atomic E-state index is 0.598. The molecule has 1 aliphatic rings. The number of hydrogen-bond donors (Lipinski definition) is 1. The Morgan fingerprint density at radius 1 is 1.07 bits per heavy atom. The molecule has 0 aromatic rings. The lowest BCUT2D eigenvalue weighted by Gasteiger charge is -2.26. The van der Waals surface area contributed by atoms with Gasteiger partial charge < -0.3 is 10.2 Å². The molecule has 1 N–H and O–H groups in total. The van der Waals surface area contributed by atoms with Crippen LogP contribution in [0.4, 0.5) is 0 Å². The standard InChI is InChI=1S/C23H43N3.C2H6/c1-6-8-9-13-23(21(3)4)20-26-16-11-15-25(17-18-26)19-22(7-2)12-10-14-24-5;1-2/h6,8-9,13,21-22,24H,1,7,10-12,14-20H2,2-5H3;1-2H3/b9-8-,23-13-;. The highest BCUT2D eigenvalue weighted by atomic mass is 15.2. The first kappa shape index (κ1) is 27.1. The molecule has 28 heavy (non-hydrogen) atoms. The summed E-state index contributed by atoms with van der Waals surface area (Å²) in [7, 11) is 2.05. The number of rotatable bonds is 12. The fourth-order valence-corrected chi connectivity index (χ4v) is 3.67. The molecule has 1 rings (SSSR count). The minimum Gasteiger partial charge on any atom is -0.320 e. The molecule has 0 aromatic carbocycles. The Labute approximate surface area is 176 Å². The maximum Gasteiger partial charge on any atom is 0.0199 e. The molecule has 3 nitrogen and oxygen atoms in total. The summed E-state index contributed by atoms with van der Waals surface area (Å²) in [4.78, 5) is 5.36. The second kappa shape index (κ2) is 18.1. The summed E-state index contributed by atoms with van der Waals surface area (Å²) in [6, 6.07) is 0. The quantitative estimate of drug-likeness (QED) is 0.356. The van der Waals surface area contributed by atoms with Gasteiger partial charge in [-0.2, -0.15) is 0 Å². The first-order valence-corrected chi connectivity index (χ1v) is 11.7. The highest BCUT2D eigenvalue weighted by molar-refractivity contribution is 5.18. The van der Waals surface area contributed by atoms with Crippen LogP contribution in [0.5, 0.6) is 0 Å². The Balaban J connectivity index is 0.00000352. The van der Waals surface area contributed by atoms with Crippen LogP contribution in [0.3, 0.4) is 0 Å². The predicted octanol–water partition coefficient (Wildman–Crippen LogP) is 5.37. The molecule has 0 amide bonds. The van der Waals surface area contributed by atoms with Gasteiger partial charge in [-0.3, -0.25) is 4.90 Å². The number of nitrogens with zero attached hydrogens (tertiary/aromatic N) is 2. The molecule has 0 aliphatic carbocycles. The molecule has 1 heterocycles. The highest BCUT2D eigenvalue weighted by Crippen LogP contribution is 2.17. The van der Waals surface area contributed by atoms with Gasteiger partial charge in [-0.1, -0.05) is 77.5 Å². The van der Waals surface area contributed by atoms with Gasteiger partial charge in [0, 0.05) is 26.2 Å². The van der Waals surface area contributed by atoms with Crippen molar-refractivity contribution in [2.75, 3.05) is 52.9 Å². The molecule has 3 heteroatoms. The summed E-state index contributed by atoms with van der Waals surface area (Å²) in [5, 5.41) is 3.28. The summed E-state index contributed by atoms with van der Waals surface area (Å²) in [5.41, 5.74) is 1.52. The van der Waals surface area contributed by atoms with E-state index in [1.807, 2.05) is 26.0 Å². The van der Waals surface area contributed by atoms with Crippen molar-refractivity contribution < 1.29 is 0 Å². The largest absolute Gasteiger partial charge is 0.320 e. The van der Waals surface area contributed by atoms with Crippen LogP contribution in [0.2, 0.25) is 0 Å². The molecule has 1 aliphatic heterocycles. The van der Waals surface area contributed by atoms with Crippen molar-refractivity contribution in [3.05, 3.63) is 36.5 Å². The molecule has 0 spiro atoms. The van der Waals surface area contributed by atoms with Gasteiger partial charge in [0.05, 0.1) is 0 Å². The van der Waals surface area contributed by atoms with Gasteiger partial charge in [0.2, 0.25) is 0 Å². The van der Waals surface area contributed by atoms with Crippen molar-refractivity contribution in [3.8, 4) is 0 Å². The van der Waals surface area contributed by atoms with Crippen molar-refractivity contribution in [2.45, 2.75) is 60.3 Å². The van der Waals surface area contributed by atoms with Gasteiger partial charge in [-0.25, -0.2) is 0 Å². The predicted molar refractivity (Wildman–Crippen MR) is 128 cm³/mol. The van der Waals surface area contributed by atoms with Crippen LogP contribution >= 0.6 is 0 Å². The lowest BCUT2D eigenvalue weighted by Crippen LogP contribution is -2.35. The number of nitrogens with one attached hydrogen (secondary N) is 1. The second-order valence-corrected chi connectivity index (χ2v) is 7.97. The molecule has 1 saturated heterocycles. The third kappa shape index (κ3) is 12.5. The van der Waals surface area contributed by atoms with Crippen LogP contribution < -0.4 is 5.32 Å². The fourth-order valence-electron chi connectivity index (χ4n) is 3.67. The third-order valence-electron chi connectivity index (χ3n) is 5.52. The molecule has 0 bridgehead atoms. The van der Waals surface area contributed by atoms with E-state index < -0.39 is 0 Å². The Kier molecular flexibility index (Phi) is 17.6. The van der Waals surface area contributed by atoms with Gasteiger partial charge in [-0.05, 0) is 57.8 Å². The van der Waals surface area contributed by atoms with E-state index in [0.717, 1.165) is 19.0 Å². The summed E-state index contributed by atoms with van der Waals surface area (Å²) in [6.45, 7) is 23.1. The SMILES string of the molecule is C=C/C=C\C=C(\CN1CCCN(CC(CC)CCCNC)CC1)C(C)C.CC. The van der Waals surface area contributed by atoms with Crippen molar-refractivity contribution in [3.63, 3.8) is 0 Å². The Morgan fingerprint density at radius 3 is 2.36 bits per heavy atom. The maximum atomic E-state index is 3.76. The van der Waals surface area contributed by atoms with Crippen LogP contribution in [0, 0.1) is 11.8 Å². The van der Waals surface area contributed by atoms with Crippen molar-refractivity contribution in [1.29, 1.82) is 0 Å². The Bertz CT molecular complexity index is 426. The first-order chi connectivity index (χ1) is 13.6. The zero-order valence-electron chi connectivity index (χ0n) is 19.8. The smallest absolute Gasteiger partial charge is 0.0199 e. The average molecular weight is 392 g/mol. The van der Waals surface area contributed by atoms with Crippen molar-refractivity contribution >= 4 is 0 Å². The van der Waals surface area contributed by atoms with Crippen molar-refractivity contribution in [1.82, 2.24) is 15.1 Å². The van der Waals surface area contributed by atoms with Gasteiger partial charge in [-0.15, -0.1) is 0 Å². The van der Waals surface area contributed by atoms with E-state index in [0.29, 0.717) is 5.92 Å². The zero-order chi connectivity index (χ0) is 21.2. The average Bonchev–Trinajstić information content (AvgIpc) is 2.93. The fraction of sp³-hybridized carbons (Fsp3) is 0.760.